The van der Waals surface area contributed by atoms with Crippen molar-refractivity contribution in [2.45, 2.75) is 0 Å². The summed E-state index contributed by atoms with van der Waals surface area (Å²) in [5, 5.41) is 0. The Morgan fingerprint density at radius 3 is 2.38 bits per heavy atom. The van der Waals surface area contributed by atoms with Gasteiger partial charge < -0.3 is 0 Å². The zero-order chi connectivity index (χ0) is 6.15. The Bertz CT molecular complexity index is 234. The standard InChI is InChI=1S/C4H7N3O/c1-6-3-5-4(8)7(6)2/h3H,1-2H3. The number of hydrogen-bond acceptors (Lipinski definition) is 2. The van der Waals surface area contributed by atoms with Gasteiger partial charge in [-0.25, -0.2) is 9.48 Å². The Labute approximate surface area is 46.4 Å². The topological polar surface area (TPSA) is 39.8 Å². The molecule has 0 N–H and O–H groups in total. The number of rotatable bonds is 0. The fraction of sp³-hybridized carbons (Fsp3) is 0.500. The molecular formula is C4H7N3O. The van der Waals surface area contributed by atoms with Gasteiger partial charge >= 0.3 is 5.69 Å². The monoisotopic (exact) mass is 113 g/mol. The largest absolute Gasteiger partial charge is 0.363 e. The lowest BCUT2D eigenvalue weighted by molar-refractivity contribution is 0.579. The summed E-state index contributed by atoms with van der Waals surface area (Å²) < 4.78 is 3.03. The van der Waals surface area contributed by atoms with E-state index in [9.17, 15) is 4.79 Å². The molecule has 44 valence electrons. The van der Waals surface area contributed by atoms with Gasteiger partial charge in [0.25, 0.3) is 0 Å². The van der Waals surface area contributed by atoms with Crippen molar-refractivity contribution in [1.29, 1.82) is 0 Å². The molecule has 1 heterocycles. The molecule has 0 amide bonds. The summed E-state index contributed by atoms with van der Waals surface area (Å²) in [6, 6.07) is 0. The third-order valence-corrected chi connectivity index (χ3v) is 1.09. The van der Waals surface area contributed by atoms with Gasteiger partial charge in [0.2, 0.25) is 0 Å². The summed E-state index contributed by atoms with van der Waals surface area (Å²) in [4.78, 5) is 14.0. The zero-order valence-corrected chi connectivity index (χ0v) is 4.83. The van der Waals surface area contributed by atoms with Crippen LogP contribution in [0.1, 0.15) is 0 Å². The minimum Gasteiger partial charge on any atom is -0.274 e. The predicted octanol–water partition coefficient (Wildman–Crippen LogP) is -0.881. The fourth-order valence-corrected chi connectivity index (χ4v) is 0.429. The first-order valence-electron chi connectivity index (χ1n) is 2.26. The number of nitrogens with zero attached hydrogens (tertiary/aromatic N) is 3. The van der Waals surface area contributed by atoms with Gasteiger partial charge in [0.1, 0.15) is 6.33 Å². The third kappa shape index (κ3) is 0.538. The molecule has 0 atom stereocenters. The van der Waals surface area contributed by atoms with Gasteiger partial charge in [-0.15, -0.1) is 0 Å². The van der Waals surface area contributed by atoms with E-state index in [0.29, 0.717) is 0 Å². The molecule has 0 saturated carbocycles. The Kier molecular flexibility index (Phi) is 0.932. The molecule has 1 aromatic rings. The van der Waals surface area contributed by atoms with Crippen LogP contribution in [0.2, 0.25) is 0 Å². The Hall–Kier alpha value is -1.06. The summed E-state index contributed by atoms with van der Waals surface area (Å²) in [6.45, 7) is 0. The lowest BCUT2D eigenvalue weighted by atomic mass is 11.2. The third-order valence-electron chi connectivity index (χ3n) is 1.09. The molecule has 4 heteroatoms. The summed E-state index contributed by atoms with van der Waals surface area (Å²) >= 11 is 0. The van der Waals surface area contributed by atoms with Crippen LogP contribution in [0.5, 0.6) is 0 Å². The average Bonchev–Trinajstić information content (AvgIpc) is 1.98. The molecule has 0 unspecified atom stereocenters. The second-order valence-corrected chi connectivity index (χ2v) is 1.62. The highest BCUT2D eigenvalue weighted by Crippen LogP contribution is 1.67. The number of hydrogen-bond donors (Lipinski definition) is 0. The molecule has 0 fully saturated rings. The Balaban J connectivity index is 3.41. The molecule has 0 aliphatic carbocycles. The number of aryl methyl sites for hydroxylation is 1. The highest BCUT2D eigenvalue weighted by atomic mass is 16.2. The van der Waals surface area contributed by atoms with Crippen LogP contribution in [0.3, 0.4) is 0 Å². The smallest absolute Gasteiger partial charge is 0.274 e. The van der Waals surface area contributed by atoms with E-state index in [-0.39, 0.29) is 5.69 Å². The van der Waals surface area contributed by atoms with Crippen LogP contribution in [0.25, 0.3) is 0 Å². The van der Waals surface area contributed by atoms with E-state index in [1.165, 1.54) is 11.0 Å². The van der Waals surface area contributed by atoms with E-state index < -0.39 is 0 Å². The van der Waals surface area contributed by atoms with Gasteiger partial charge in [-0.1, -0.05) is 0 Å². The first-order chi connectivity index (χ1) is 3.72. The quantitative estimate of drug-likeness (QED) is 0.438. The van der Waals surface area contributed by atoms with E-state index in [1.54, 1.807) is 18.8 Å². The lowest BCUT2D eigenvalue weighted by Crippen LogP contribution is -2.17. The summed E-state index contributed by atoms with van der Waals surface area (Å²) in [6.07, 6.45) is 1.47. The zero-order valence-electron chi connectivity index (χ0n) is 4.83. The maximum absolute atomic E-state index is 10.5. The predicted molar refractivity (Wildman–Crippen MR) is 28.4 cm³/mol. The van der Waals surface area contributed by atoms with Crippen molar-refractivity contribution < 1.29 is 0 Å². The van der Waals surface area contributed by atoms with Crippen molar-refractivity contribution in [3.05, 3.63) is 16.8 Å². The van der Waals surface area contributed by atoms with Crippen molar-refractivity contribution >= 4 is 0 Å². The highest BCUT2D eigenvalue weighted by Gasteiger charge is 1.89. The first kappa shape index (κ1) is 5.08. The molecule has 1 aromatic heterocycles. The van der Waals surface area contributed by atoms with Gasteiger partial charge in [-0.2, -0.15) is 4.98 Å². The maximum atomic E-state index is 10.5. The van der Waals surface area contributed by atoms with Crippen molar-refractivity contribution in [2.24, 2.45) is 14.1 Å². The van der Waals surface area contributed by atoms with Gasteiger partial charge in [0.05, 0.1) is 0 Å². The minimum atomic E-state index is -0.215. The molecule has 0 saturated heterocycles. The average molecular weight is 113 g/mol. The van der Waals surface area contributed by atoms with E-state index in [1.807, 2.05) is 0 Å². The van der Waals surface area contributed by atoms with Crippen LogP contribution in [0, 0.1) is 0 Å². The van der Waals surface area contributed by atoms with E-state index in [4.69, 9.17) is 0 Å². The van der Waals surface area contributed by atoms with Crippen molar-refractivity contribution in [3.63, 3.8) is 0 Å². The van der Waals surface area contributed by atoms with E-state index in [0.717, 1.165) is 0 Å². The van der Waals surface area contributed by atoms with Gasteiger partial charge in [-0.3, -0.25) is 4.68 Å². The van der Waals surface area contributed by atoms with Crippen LogP contribution in [-0.2, 0) is 14.1 Å². The second-order valence-electron chi connectivity index (χ2n) is 1.62. The Morgan fingerprint density at radius 1 is 1.62 bits per heavy atom. The lowest BCUT2D eigenvalue weighted by Gasteiger charge is -1.92. The molecular weight excluding hydrogens is 106 g/mol. The summed E-state index contributed by atoms with van der Waals surface area (Å²) in [5.41, 5.74) is -0.215. The van der Waals surface area contributed by atoms with Crippen LogP contribution < -0.4 is 5.69 Å². The van der Waals surface area contributed by atoms with Crippen molar-refractivity contribution in [2.75, 3.05) is 0 Å². The van der Waals surface area contributed by atoms with Crippen LogP contribution in [0.4, 0.5) is 0 Å². The van der Waals surface area contributed by atoms with Crippen molar-refractivity contribution in [1.82, 2.24) is 14.3 Å². The normalized spacial score (nSPS) is 9.75. The molecule has 8 heavy (non-hydrogen) atoms. The van der Waals surface area contributed by atoms with Gasteiger partial charge in [0, 0.05) is 14.1 Å². The Morgan fingerprint density at radius 2 is 2.25 bits per heavy atom. The molecule has 0 radical (unpaired) electrons. The summed E-state index contributed by atoms with van der Waals surface area (Å²) in [5.74, 6) is 0. The van der Waals surface area contributed by atoms with Gasteiger partial charge in [0.15, 0.2) is 0 Å². The van der Waals surface area contributed by atoms with E-state index in [2.05, 4.69) is 4.98 Å². The molecule has 0 spiro atoms. The van der Waals surface area contributed by atoms with Crippen molar-refractivity contribution in [3.8, 4) is 0 Å². The molecule has 0 aliphatic rings. The summed E-state index contributed by atoms with van der Waals surface area (Å²) in [7, 11) is 3.42. The van der Waals surface area contributed by atoms with E-state index >= 15 is 0 Å². The molecule has 4 nitrogen and oxygen atoms in total. The fourth-order valence-electron chi connectivity index (χ4n) is 0.429. The SMILES string of the molecule is Cn1cnc(=O)n1C. The first-order valence-corrected chi connectivity index (χ1v) is 2.26. The van der Waals surface area contributed by atoms with Crippen LogP contribution in [0.15, 0.2) is 11.1 Å². The minimum absolute atomic E-state index is 0.215. The van der Waals surface area contributed by atoms with Crippen LogP contribution in [-0.4, -0.2) is 14.3 Å². The second kappa shape index (κ2) is 1.47. The number of aromatic nitrogens is 3. The maximum Gasteiger partial charge on any atom is 0.363 e. The molecule has 0 bridgehead atoms. The molecule has 0 aromatic carbocycles. The molecule has 1 rings (SSSR count). The van der Waals surface area contributed by atoms with Gasteiger partial charge in [-0.05, 0) is 0 Å². The molecule has 0 aliphatic heterocycles. The van der Waals surface area contributed by atoms with Crippen LogP contribution >= 0.6 is 0 Å². The highest BCUT2D eigenvalue weighted by molar-refractivity contribution is 4.59.